The Labute approximate surface area is 93.0 Å². The molecule has 0 radical (unpaired) electrons. The summed E-state index contributed by atoms with van der Waals surface area (Å²) in [6.07, 6.45) is 6.29. The van der Waals surface area contributed by atoms with Crippen LogP contribution in [-0.4, -0.2) is 23.1 Å². The van der Waals surface area contributed by atoms with Crippen molar-refractivity contribution in [2.45, 2.75) is 13.3 Å². The number of hydrogen-bond acceptors (Lipinski definition) is 3. The fourth-order valence-corrected chi connectivity index (χ4v) is 1.72. The van der Waals surface area contributed by atoms with Crippen LogP contribution in [0.3, 0.4) is 0 Å². The maximum Gasteiger partial charge on any atom is 0.146 e. The van der Waals surface area contributed by atoms with Crippen molar-refractivity contribution >= 4 is 21.7 Å². The van der Waals surface area contributed by atoms with Gasteiger partial charge in [-0.2, -0.15) is 0 Å². The first-order valence-electron chi connectivity index (χ1n) is 4.61. The summed E-state index contributed by atoms with van der Waals surface area (Å²) in [5.41, 5.74) is 0. The largest absolute Gasteiger partial charge is 0.352 e. The number of halogens is 1. The third-order valence-corrected chi connectivity index (χ3v) is 2.35. The van der Waals surface area contributed by atoms with Crippen LogP contribution in [0.25, 0.3) is 0 Å². The first-order valence-corrected chi connectivity index (χ1v) is 5.40. The average Bonchev–Trinajstić information content (AvgIpc) is 2.18. The lowest BCUT2D eigenvalue weighted by molar-refractivity contribution is 0.797. The van der Waals surface area contributed by atoms with E-state index in [0.29, 0.717) is 0 Å². The molecule has 0 saturated heterocycles. The fraction of sp³-hybridized carbons (Fsp3) is 0.400. The molecule has 1 aromatic rings. The molecule has 1 aromatic heterocycles. The van der Waals surface area contributed by atoms with Crippen LogP contribution in [0.5, 0.6) is 0 Å². The second kappa shape index (κ2) is 5.75. The molecule has 0 unspecified atom stereocenters. The van der Waals surface area contributed by atoms with Gasteiger partial charge in [0.2, 0.25) is 0 Å². The van der Waals surface area contributed by atoms with E-state index in [2.05, 4.69) is 44.3 Å². The van der Waals surface area contributed by atoms with Gasteiger partial charge in [0.25, 0.3) is 0 Å². The first kappa shape index (κ1) is 11.2. The molecule has 0 aromatic carbocycles. The Hall–Kier alpha value is -0.900. The van der Waals surface area contributed by atoms with Crippen LogP contribution in [0.4, 0.5) is 5.82 Å². The Morgan fingerprint density at radius 3 is 3.00 bits per heavy atom. The second-order valence-corrected chi connectivity index (χ2v) is 3.78. The van der Waals surface area contributed by atoms with Crippen molar-refractivity contribution in [3.05, 3.63) is 29.7 Å². The molecule has 3 nitrogen and oxygen atoms in total. The summed E-state index contributed by atoms with van der Waals surface area (Å²) in [6.45, 7) is 7.66. The maximum absolute atomic E-state index is 4.24. The lowest BCUT2D eigenvalue weighted by Crippen LogP contribution is -2.25. The van der Waals surface area contributed by atoms with Crippen LogP contribution in [0.1, 0.15) is 13.3 Å². The zero-order valence-corrected chi connectivity index (χ0v) is 9.87. The summed E-state index contributed by atoms with van der Waals surface area (Å²) in [7, 11) is 0. The highest BCUT2D eigenvalue weighted by Crippen LogP contribution is 2.21. The molecule has 0 bridgehead atoms. The van der Waals surface area contributed by atoms with Gasteiger partial charge in [-0.15, -0.1) is 6.58 Å². The standard InChI is InChI=1S/C10H14BrN3/c1-3-5-14(6-4-2)10-9(11)7-12-8-13-10/h3,7-8H,1,4-6H2,2H3. The third kappa shape index (κ3) is 2.80. The Bertz CT molecular complexity index is 301. The van der Waals surface area contributed by atoms with Gasteiger partial charge in [-0.05, 0) is 22.4 Å². The van der Waals surface area contributed by atoms with Crippen LogP contribution in [0.2, 0.25) is 0 Å². The topological polar surface area (TPSA) is 29.0 Å². The molecular weight excluding hydrogens is 242 g/mol. The third-order valence-electron chi connectivity index (χ3n) is 1.79. The van der Waals surface area contributed by atoms with Gasteiger partial charge in [-0.3, -0.25) is 0 Å². The quantitative estimate of drug-likeness (QED) is 0.758. The van der Waals surface area contributed by atoms with E-state index in [0.717, 1.165) is 29.8 Å². The van der Waals surface area contributed by atoms with Crippen LogP contribution >= 0.6 is 15.9 Å². The number of nitrogens with zero attached hydrogens (tertiary/aromatic N) is 3. The highest BCUT2D eigenvalue weighted by atomic mass is 79.9. The molecule has 0 atom stereocenters. The molecular formula is C10H14BrN3. The van der Waals surface area contributed by atoms with Gasteiger partial charge in [-0.1, -0.05) is 13.0 Å². The fourth-order valence-electron chi connectivity index (χ4n) is 1.25. The summed E-state index contributed by atoms with van der Waals surface area (Å²) in [4.78, 5) is 10.3. The van der Waals surface area contributed by atoms with E-state index < -0.39 is 0 Å². The molecule has 76 valence electrons. The van der Waals surface area contributed by atoms with Crippen LogP contribution in [-0.2, 0) is 0 Å². The predicted molar refractivity (Wildman–Crippen MR) is 62.4 cm³/mol. The molecule has 0 saturated carbocycles. The summed E-state index contributed by atoms with van der Waals surface area (Å²) in [5, 5.41) is 0. The Morgan fingerprint density at radius 2 is 2.43 bits per heavy atom. The maximum atomic E-state index is 4.24. The molecule has 14 heavy (non-hydrogen) atoms. The van der Waals surface area contributed by atoms with Crippen molar-refractivity contribution in [3.63, 3.8) is 0 Å². The second-order valence-electron chi connectivity index (χ2n) is 2.93. The summed E-state index contributed by atoms with van der Waals surface area (Å²) >= 11 is 3.44. The number of rotatable bonds is 5. The van der Waals surface area contributed by atoms with Gasteiger partial charge in [0.15, 0.2) is 0 Å². The summed E-state index contributed by atoms with van der Waals surface area (Å²) in [5.74, 6) is 0.932. The Kier molecular flexibility index (Phi) is 4.59. The van der Waals surface area contributed by atoms with Gasteiger partial charge >= 0.3 is 0 Å². The number of aromatic nitrogens is 2. The lowest BCUT2D eigenvalue weighted by Gasteiger charge is -2.21. The van der Waals surface area contributed by atoms with E-state index >= 15 is 0 Å². The minimum atomic E-state index is 0.809. The van der Waals surface area contributed by atoms with Crippen molar-refractivity contribution in [3.8, 4) is 0 Å². The van der Waals surface area contributed by atoms with Crippen molar-refractivity contribution in [2.24, 2.45) is 0 Å². The van der Waals surface area contributed by atoms with Crippen LogP contribution in [0, 0.1) is 0 Å². The molecule has 1 rings (SSSR count). The molecule has 0 fully saturated rings. The number of anilines is 1. The Morgan fingerprint density at radius 1 is 1.64 bits per heavy atom. The average molecular weight is 256 g/mol. The van der Waals surface area contributed by atoms with E-state index in [9.17, 15) is 0 Å². The smallest absolute Gasteiger partial charge is 0.146 e. The van der Waals surface area contributed by atoms with Crippen LogP contribution in [0.15, 0.2) is 29.7 Å². The lowest BCUT2D eigenvalue weighted by atomic mass is 10.4. The van der Waals surface area contributed by atoms with Crippen molar-refractivity contribution in [2.75, 3.05) is 18.0 Å². The molecule has 0 amide bonds. The normalized spacial score (nSPS) is 9.86. The Balaban J connectivity index is 2.86. The summed E-state index contributed by atoms with van der Waals surface area (Å²) < 4.78 is 0.926. The van der Waals surface area contributed by atoms with Gasteiger partial charge in [-0.25, -0.2) is 9.97 Å². The highest BCUT2D eigenvalue weighted by molar-refractivity contribution is 9.10. The van der Waals surface area contributed by atoms with E-state index in [1.165, 1.54) is 0 Å². The summed E-state index contributed by atoms with van der Waals surface area (Å²) in [6, 6.07) is 0. The SMILES string of the molecule is C=CCN(CCC)c1ncncc1Br. The van der Waals surface area contributed by atoms with Gasteiger partial charge in [0, 0.05) is 19.3 Å². The molecule has 0 aliphatic heterocycles. The van der Waals surface area contributed by atoms with Gasteiger partial charge in [0.05, 0.1) is 4.47 Å². The predicted octanol–water partition coefficient (Wildman–Crippen LogP) is 2.64. The van der Waals surface area contributed by atoms with Gasteiger partial charge in [0.1, 0.15) is 12.1 Å². The number of hydrogen-bond donors (Lipinski definition) is 0. The van der Waals surface area contributed by atoms with Gasteiger partial charge < -0.3 is 4.90 Å². The minimum Gasteiger partial charge on any atom is -0.352 e. The molecule has 4 heteroatoms. The molecule has 0 N–H and O–H groups in total. The van der Waals surface area contributed by atoms with E-state index in [-0.39, 0.29) is 0 Å². The van der Waals surface area contributed by atoms with Crippen LogP contribution < -0.4 is 4.90 Å². The first-order chi connectivity index (χ1) is 6.79. The van der Waals surface area contributed by atoms with Crippen molar-refractivity contribution in [1.82, 2.24) is 9.97 Å². The molecule has 0 aliphatic carbocycles. The minimum absolute atomic E-state index is 0.809. The van der Waals surface area contributed by atoms with Crippen molar-refractivity contribution in [1.29, 1.82) is 0 Å². The monoisotopic (exact) mass is 255 g/mol. The zero-order chi connectivity index (χ0) is 10.4. The van der Waals surface area contributed by atoms with E-state index in [1.54, 1.807) is 12.5 Å². The highest BCUT2D eigenvalue weighted by Gasteiger charge is 2.08. The van der Waals surface area contributed by atoms with Crippen molar-refractivity contribution < 1.29 is 0 Å². The van der Waals surface area contributed by atoms with E-state index in [1.807, 2.05) is 6.08 Å². The molecule has 0 aliphatic rings. The molecule has 0 spiro atoms. The zero-order valence-electron chi connectivity index (χ0n) is 8.28. The molecule has 1 heterocycles. The van der Waals surface area contributed by atoms with E-state index in [4.69, 9.17) is 0 Å².